The molecule has 0 aromatic heterocycles. The van der Waals surface area contributed by atoms with Gasteiger partial charge in [0, 0.05) is 30.2 Å². The molecule has 2 aromatic carbocycles. The number of hydrogen-bond acceptors (Lipinski definition) is 2. The molecular weight excluding hydrogens is 355 g/mol. The zero-order valence-corrected chi connectivity index (χ0v) is 15.4. The zero-order valence-electron chi connectivity index (χ0n) is 13.9. The van der Waals surface area contributed by atoms with E-state index in [-0.39, 0.29) is 23.4 Å². The molecule has 0 heterocycles. The Morgan fingerprint density at radius 1 is 1.04 bits per heavy atom. The minimum Gasteiger partial charge on any atom is -0.299 e. The van der Waals surface area contributed by atoms with Crippen molar-refractivity contribution in [1.82, 2.24) is 0 Å². The molecule has 1 fully saturated rings. The second kappa shape index (κ2) is 8.16. The number of rotatable bonds is 5. The summed E-state index contributed by atoms with van der Waals surface area (Å²) in [5.41, 5.74) is 1.59. The SMILES string of the molecule is O=C(C[C@@H](c1ccc(Cl)c(Cl)c1)[C@@H]1CCCCC1=O)c1ccccc1. The third-order valence-corrected chi connectivity index (χ3v) is 5.70. The number of ketones is 2. The lowest BCUT2D eigenvalue weighted by atomic mass is 9.73. The molecule has 0 amide bonds. The van der Waals surface area contributed by atoms with E-state index in [1.54, 1.807) is 12.1 Å². The molecule has 0 N–H and O–H groups in total. The molecule has 2 aromatic rings. The Labute approximate surface area is 158 Å². The van der Waals surface area contributed by atoms with Crippen molar-refractivity contribution in [1.29, 1.82) is 0 Å². The lowest BCUT2D eigenvalue weighted by Gasteiger charge is -2.29. The molecule has 2 atom stereocenters. The number of Topliss-reactive ketones (excluding diaryl/α,β-unsaturated/α-hetero) is 2. The van der Waals surface area contributed by atoms with Crippen molar-refractivity contribution >= 4 is 34.8 Å². The first-order chi connectivity index (χ1) is 12.1. The molecule has 1 aliphatic rings. The third-order valence-electron chi connectivity index (χ3n) is 4.96. The van der Waals surface area contributed by atoms with Crippen LogP contribution in [0.15, 0.2) is 48.5 Å². The van der Waals surface area contributed by atoms with Crippen LogP contribution in [-0.2, 0) is 4.79 Å². The summed E-state index contributed by atoms with van der Waals surface area (Å²) in [4.78, 5) is 25.3. The van der Waals surface area contributed by atoms with Crippen molar-refractivity contribution < 1.29 is 9.59 Å². The van der Waals surface area contributed by atoms with Crippen LogP contribution in [0.5, 0.6) is 0 Å². The summed E-state index contributed by atoms with van der Waals surface area (Å²) in [7, 11) is 0. The van der Waals surface area contributed by atoms with Gasteiger partial charge in [0.2, 0.25) is 0 Å². The Balaban J connectivity index is 1.92. The highest BCUT2D eigenvalue weighted by Gasteiger charge is 2.33. The van der Waals surface area contributed by atoms with Crippen molar-refractivity contribution in [2.24, 2.45) is 5.92 Å². The number of hydrogen-bond donors (Lipinski definition) is 0. The van der Waals surface area contributed by atoms with Crippen LogP contribution >= 0.6 is 23.2 Å². The van der Waals surface area contributed by atoms with Crippen molar-refractivity contribution in [3.63, 3.8) is 0 Å². The number of halogens is 2. The number of carbonyl (C=O) groups excluding carboxylic acids is 2. The van der Waals surface area contributed by atoms with Gasteiger partial charge in [-0.15, -0.1) is 0 Å². The fourth-order valence-corrected chi connectivity index (χ4v) is 3.92. The van der Waals surface area contributed by atoms with Gasteiger partial charge in [0.25, 0.3) is 0 Å². The van der Waals surface area contributed by atoms with Gasteiger partial charge in [-0.05, 0) is 30.5 Å². The van der Waals surface area contributed by atoms with Crippen molar-refractivity contribution in [3.05, 3.63) is 69.7 Å². The van der Waals surface area contributed by atoms with Crippen molar-refractivity contribution in [2.75, 3.05) is 0 Å². The fraction of sp³-hybridized carbons (Fsp3) is 0.333. The second-order valence-electron chi connectivity index (χ2n) is 6.59. The van der Waals surface area contributed by atoms with Crippen LogP contribution in [0.1, 0.15) is 53.9 Å². The molecular formula is C21H20Cl2O2. The smallest absolute Gasteiger partial charge is 0.163 e. The first-order valence-electron chi connectivity index (χ1n) is 8.62. The molecule has 0 saturated heterocycles. The molecule has 130 valence electrons. The van der Waals surface area contributed by atoms with Crippen LogP contribution in [0.2, 0.25) is 10.0 Å². The predicted octanol–water partition coefficient (Wildman–Crippen LogP) is 6.11. The Hall–Kier alpha value is -1.64. The normalized spacial score (nSPS) is 18.8. The Kier molecular flexibility index (Phi) is 5.93. The van der Waals surface area contributed by atoms with E-state index in [2.05, 4.69) is 0 Å². The van der Waals surface area contributed by atoms with Crippen LogP contribution in [0.25, 0.3) is 0 Å². The van der Waals surface area contributed by atoms with Crippen LogP contribution < -0.4 is 0 Å². The highest BCUT2D eigenvalue weighted by molar-refractivity contribution is 6.42. The highest BCUT2D eigenvalue weighted by Crippen LogP contribution is 2.39. The van der Waals surface area contributed by atoms with Crippen LogP contribution in [-0.4, -0.2) is 11.6 Å². The molecule has 2 nitrogen and oxygen atoms in total. The standard InChI is InChI=1S/C21H20Cl2O2/c22-18-11-10-15(12-19(18)23)17(16-8-4-5-9-20(16)24)13-21(25)14-6-2-1-3-7-14/h1-3,6-7,10-12,16-17H,4-5,8-9,13H2/t16-,17-/m0/s1. The van der Waals surface area contributed by atoms with E-state index in [4.69, 9.17) is 23.2 Å². The summed E-state index contributed by atoms with van der Waals surface area (Å²) in [5.74, 6) is 0.0205. The van der Waals surface area contributed by atoms with Gasteiger partial charge in [-0.1, -0.05) is 66.0 Å². The predicted molar refractivity (Wildman–Crippen MR) is 102 cm³/mol. The largest absolute Gasteiger partial charge is 0.299 e. The van der Waals surface area contributed by atoms with Gasteiger partial charge in [-0.2, -0.15) is 0 Å². The maximum Gasteiger partial charge on any atom is 0.163 e. The van der Waals surface area contributed by atoms with Gasteiger partial charge >= 0.3 is 0 Å². The quantitative estimate of drug-likeness (QED) is 0.591. The van der Waals surface area contributed by atoms with E-state index in [1.165, 1.54) is 0 Å². The summed E-state index contributed by atoms with van der Waals surface area (Å²) in [5, 5.41) is 0.938. The van der Waals surface area contributed by atoms with Gasteiger partial charge in [-0.25, -0.2) is 0 Å². The van der Waals surface area contributed by atoms with Gasteiger partial charge in [-0.3, -0.25) is 9.59 Å². The van der Waals surface area contributed by atoms with E-state index < -0.39 is 0 Å². The molecule has 0 unspecified atom stereocenters. The Morgan fingerprint density at radius 3 is 2.48 bits per heavy atom. The fourth-order valence-electron chi connectivity index (χ4n) is 3.61. The molecule has 0 radical (unpaired) electrons. The average molecular weight is 375 g/mol. The van der Waals surface area contributed by atoms with Crippen molar-refractivity contribution in [3.8, 4) is 0 Å². The molecule has 25 heavy (non-hydrogen) atoms. The number of carbonyl (C=O) groups is 2. The van der Waals surface area contributed by atoms with Gasteiger partial charge in [0.1, 0.15) is 5.78 Å². The molecule has 1 aliphatic carbocycles. The summed E-state index contributed by atoms with van der Waals surface area (Å²) in [6.07, 6.45) is 3.69. The molecule has 1 saturated carbocycles. The average Bonchev–Trinajstić information content (AvgIpc) is 2.63. The molecule has 4 heteroatoms. The third kappa shape index (κ3) is 4.31. The first-order valence-corrected chi connectivity index (χ1v) is 9.38. The monoisotopic (exact) mass is 374 g/mol. The number of benzene rings is 2. The maximum absolute atomic E-state index is 12.8. The van der Waals surface area contributed by atoms with E-state index in [0.29, 0.717) is 28.5 Å². The molecule has 3 rings (SSSR count). The molecule has 0 aliphatic heterocycles. The topological polar surface area (TPSA) is 34.1 Å². The molecule has 0 spiro atoms. The van der Waals surface area contributed by atoms with Gasteiger partial charge < -0.3 is 0 Å². The first kappa shape index (κ1) is 18.2. The van der Waals surface area contributed by atoms with Gasteiger partial charge in [0.05, 0.1) is 10.0 Å². The van der Waals surface area contributed by atoms with Gasteiger partial charge in [0.15, 0.2) is 5.78 Å². The van der Waals surface area contributed by atoms with E-state index in [1.807, 2.05) is 36.4 Å². The van der Waals surface area contributed by atoms with Crippen molar-refractivity contribution in [2.45, 2.75) is 38.0 Å². The molecule has 0 bridgehead atoms. The second-order valence-corrected chi connectivity index (χ2v) is 7.41. The minimum absolute atomic E-state index is 0.0510. The summed E-state index contributed by atoms with van der Waals surface area (Å²) < 4.78 is 0. The van der Waals surface area contributed by atoms with Crippen LogP contribution in [0.4, 0.5) is 0 Å². The zero-order chi connectivity index (χ0) is 17.8. The summed E-state index contributed by atoms with van der Waals surface area (Å²) in [6, 6.07) is 14.7. The summed E-state index contributed by atoms with van der Waals surface area (Å²) >= 11 is 12.2. The van der Waals surface area contributed by atoms with E-state index in [0.717, 1.165) is 24.8 Å². The van der Waals surface area contributed by atoms with E-state index in [9.17, 15) is 9.59 Å². The Morgan fingerprint density at radius 2 is 1.80 bits per heavy atom. The highest BCUT2D eigenvalue weighted by atomic mass is 35.5. The maximum atomic E-state index is 12.8. The lowest BCUT2D eigenvalue weighted by Crippen LogP contribution is -2.27. The van der Waals surface area contributed by atoms with E-state index >= 15 is 0 Å². The van der Waals surface area contributed by atoms with Crippen LogP contribution in [0, 0.1) is 5.92 Å². The minimum atomic E-state index is -0.157. The Bertz CT molecular complexity index is 771. The summed E-state index contributed by atoms with van der Waals surface area (Å²) in [6.45, 7) is 0. The van der Waals surface area contributed by atoms with Crippen LogP contribution in [0.3, 0.4) is 0 Å². The lowest BCUT2D eigenvalue weighted by molar-refractivity contribution is -0.125.